The first kappa shape index (κ1) is 23.7. The van der Waals surface area contributed by atoms with Crippen LogP contribution in [0.1, 0.15) is 18.7 Å². The molecule has 7 rings (SSSR count). The number of halogens is 2. The van der Waals surface area contributed by atoms with Gasteiger partial charge in [0.1, 0.15) is 57.8 Å². The summed E-state index contributed by atoms with van der Waals surface area (Å²) in [6, 6.07) is 18.2. The molecule has 0 spiro atoms. The zero-order valence-electron chi connectivity index (χ0n) is 20.9. The highest BCUT2D eigenvalue weighted by molar-refractivity contribution is 5.99. The average molecular weight is 536 g/mol. The first-order valence-electron chi connectivity index (χ1n) is 12.4. The van der Waals surface area contributed by atoms with Gasteiger partial charge in [-0.3, -0.25) is 4.79 Å². The van der Waals surface area contributed by atoms with Crippen molar-refractivity contribution in [2.45, 2.75) is 13.0 Å². The van der Waals surface area contributed by atoms with E-state index in [0.717, 1.165) is 5.39 Å². The number of anilines is 1. The van der Waals surface area contributed by atoms with Gasteiger partial charge in [-0.2, -0.15) is 5.10 Å². The van der Waals surface area contributed by atoms with Crippen LogP contribution in [0.3, 0.4) is 0 Å². The number of benzene rings is 3. The molecule has 0 saturated carbocycles. The van der Waals surface area contributed by atoms with E-state index in [0.29, 0.717) is 28.1 Å². The van der Waals surface area contributed by atoms with Crippen LogP contribution >= 0.6 is 0 Å². The average Bonchev–Trinajstić information content (AvgIpc) is 3.55. The van der Waals surface area contributed by atoms with Gasteiger partial charge < -0.3 is 14.6 Å². The van der Waals surface area contributed by atoms with Crippen LogP contribution in [0.15, 0.2) is 92.8 Å². The zero-order valence-corrected chi connectivity index (χ0v) is 20.9. The van der Waals surface area contributed by atoms with Gasteiger partial charge in [0.05, 0.1) is 10.9 Å². The molecule has 4 aromatic heterocycles. The summed E-state index contributed by atoms with van der Waals surface area (Å²) in [5.74, 6) is -0.509. The minimum atomic E-state index is -0.770. The van der Waals surface area contributed by atoms with Gasteiger partial charge in [0.15, 0.2) is 11.4 Å². The summed E-state index contributed by atoms with van der Waals surface area (Å²) in [6.45, 7) is 1.75. The van der Waals surface area contributed by atoms with Gasteiger partial charge >= 0.3 is 0 Å². The number of hydrogen-bond acceptors (Lipinski definition) is 7. The minimum Gasteiger partial charge on any atom is -0.458 e. The third-order valence-corrected chi connectivity index (χ3v) is 6.93. The van der Waals surface area contributed by atoms with Crippen LogP contribution in [0.4, 0.5) is 14.6 Å². The molecule has 0 radical (unpaired) electrons. The number of furan rings is 1. The maximum Gasteiger partial charge on any atom is 0.203 e. The van der Waals surface area contributed by atoms with Crippen LogP contribution in [-0.2, 0) is 0 Å². The third kappa shape index (κ3) is 3.57. The second kappa shape index (κ2) is 8.84. The molecule has 0 aliphatic heterocycles. The molecule has 1 unspecified atom stereocenters. The third-order valence-electron chi connectivity index (χ3n) is 6.93. The van der Waals surface area contributed by atoms with Crippen LogP contribution in [0.5, 0.6) is 0 Å². The Morgan fingerprint density at radius 2 is 1.70 bits per heavy atom. The molecular formula is C30H19F2N5O3. The number of rotatable bonds is 4. The first-order valence-corrected chi connectivity index (χ1v) is 12.4. The molecule has 4 heterocycles. The van der Waals surface area contributed by atoms with Crippen molar-refractivity contribution in [3.63, 3.8) is 0 Å². The molecule has 40 heavy (non-hydrogen) atoms. The molecule has 196 valence electrons. The molecule has 0 saturated heterocycles. The van der Waals surface area contributed by atoms with Crippen LogP contribution in [0, 0.1) is 11.6 Å². The fourth-order valence-corrected chi connectivity index (χ4v) is 5.08. The van der Waals surface area contributed by atoms with Gasteiger partial charge in [-0.25, -0.2) is 23.4 Å². The highest BCUT2D eigenvalue weighted by atomic mass is 19.1. The highest BCUT2D eigenvalue weighted by Gasteiger charge is 2.28. The Kier molecular flexibility index (Phi) is 5.24. The van der Waals surface area contributed by atoms with E-state index in [2.05, 4.69) is 9.97 Å². The van der Waals surface area contributed by atoms with E-state index in [4.69, 9.17) is 19.7 Å². The number of nitrogens with two attached hydrogens (primary N) is 1. The minimum absolute atomic E-state index is 0.0144. The van der Waals surface area contributed by atoms with Crippen molar-refractivity contribution in [2.24, 2.45) is 0 Å². The van der Waals surface area contributed by atoms with Gasteiger partial charge in [-0.05, 0) is 48.9 Å². The normalized spacial score (nSPS) is 12.5. The van der Waals surface area contributed by atoms with Crippen LogP contribution in [-0.4, -0.2) is 19.7 Å². The Labute approximate surface area is 224 Å². The number of fused-ring (bicyclic) bond motifs is 3. The topological polar surface area (TPSA) is 113 Å². The Balaban J connectivity index is 1.51. The lowest BCUT2D eigenvalue weighted by atomic mass is 9.99. The quantitative estimate of drug-likeness (QED) is 0.274. The van der Waals surface area contributed by atoms with E-state index in [1.807, 2.05) is 30.3 Å². The fourth-order valence-electron chi connectivity index (χ4n) is 5.08. The maximum atomic E-state index is 14.8. The summed E-state index contributed by atoms with van der Waals surface area (Å²) in [6.07, 6.45) is 1.31. The SMILES string of the molecule is CC(c1oc2cccc(F)c2c(=O)c1-c1cccc(F)c1)n1nc(-c2cc3ccccc3o2)c2c(N)ncnc21. The van der Waals surface area contributed by atoms with E-state index in [-0.39, 0.29) is 33.7 Å². The van der Waals surface area contributed by atoms with Crippen molar-refractivity contribution < 1.29 is 17.6 Å². The number of nitrogens with zero attached hydrogens (tertiary/aromatic N) is 4. The standard InChI is InChI=1S/C30H19F2N5O3/c1-15(28-23(17-7-4-8-18(31)12-17)27(38)24-19(32)9-5-11-21(24)40-28)37-30-25(29(33)34-14-35-30)26(36-37)22-13-16-6-2-3-10-20(16)39-22/h2-15H,1H3,(H2,33,34,35). The van der Waals surface area contributed by atoms with Crippen molar-refractivity contribution in [3.8, 4) is 22.6 Å². The second-order valence-corrected chi connectivity index (χ2v) is 9.37. The second-order valence-electron chi connectivity index (χ2n) is 9.37. The van der Waals surface area contributed by atoms with Gasteiger partial charge in [-0.15, -0.1) is 0 Å². The van der Waals surface area contributed by atoms with E-state index in [1.165, 1.54) is 42.7 Å². The Hall–Kier alpha value is -5.38. The summed E-state index contributed by atoms with van der Waals surface area (Å²) in [7, 11) is 0. The molecule has 2 N–H and O–H groups in total. The molecule has 10 heteroatoms. The van der Waals surface area contributed by atoms with E-state index >= 15 is 0 Å². The molecule has 0 fully saturated rings. The van der Waals surface area contributed by atoms with Crippen molar-refractivity contribution in [1.82, 2.24) is 19.7 Å². The molecule has 8 nitrogen and oxygen atoms in total. The fraction of sp³-hybridized carbons (Fsp3) is 0.0667. The summed E-state index contributed by atoms with van der Waals surface area (Å²) < 4.78 is 42.9. The van der Waals surface area contributed by atoms with Crippen molar-refractivity contribution in [1.29, 1.82) is 0 Å². The Morgan fingerprint density at radius 3 is 2.52 bits per heavy atom. The van der Waals surface area contributed by atoms with Crippen LogP contribution in [0.25, 0.3) is 55.6 Å². The lowest BCUT2D eigenvalue weighted by molar-refractivity contribution is 0.444. The highest BCUT2D eigenvalue weighted by Crippen LogP contribution is 2.38. The summed E-state index contributed by atoms with van der Waals surface area (Å²) in [5, 5.41) is 5.91. The van der Waals surface area contributed by atoms with Gasteiger partial charge in [0.2, 0.25) is 5.43 Å². The molecule has 3 aromatic carbocycles. The van der Waals surface area contributed by atoms with Crippen LogP contribution in [0.2, 0.25) is 0 Å². The Bertz CT molecular complexity index is 2130. The van der Waals surface area contributed by atoms with Crippen LogP contribution < -0.4 is 11.2 Å². The molecular weight excluding hydrogens is 516 g/mol. The predicted molar refractivity (Wildman–Crippen MR) is 147 cm³/mol. The number of aromatic nitrogens is 4. The molecule has 7 aromatic rings. The van der Waals surface area contributed by atoms with Gasteiger partial charge in [-0.1, -0.05) is 36.4 Å². The molecule has 0 amide bonds. The summed E-state index contributed by atoms with van der Waals surface area (Å²) >= 11 is 0. The van der Waals surface area contributed by atoms with Gasteiger partial charge in [0, 0.05) is 5.39 Å². The summed E-state index contributed by atoms with van der Waals surface area (Å²) in [5.41, 5.74) is 7.40. The van der Waals surface area contributed by atoms with E-state index < -0.39 is 23.1 Å². The lowest BCUT2D eigenvalue weighted by Crippen LogP contribution is -2.17. The summed E-state index contributed by atoms with van der Waals surface area (Å²) in [4.78, 5) is 22.3. The number of nitrogen functional groups attached to an aromatic ring is 1. The molecule has 1 atom stereocenters. The van der Waals surface area contributed by atoms with E-state index in [9.17, 15) is 13.6 Å². The number of hydrogen-bond donors (Lipinski definition) is 1. The smallest absolute Gasteiger partial charge is 0.203 e. The van der Waals surface area contributed by atoms with Gasteiger partial charge in [0.25, 0.3) is 0 Å². The van der Waals surface area contributed by atoms with Crippen molar-refractivity contribution >= 4 is 38.8 Å². The lowest BCUT2D eigenvalue weighted by Gasteiger charge is -2.17. The largest absolute Gasteiger partial charge is 0.458 e. The number of para-hydroxylation sites is 1. The van der Waals surface area contributed by atoms with E-state index in [1.54, 1.807) is 17.7 Å². The monoisotopic (exact) mass is 535 g/mol. The maximum absolute atomic E-state index is 14.8. The van der Waals surface area contributed by atoms with Crippen molar-refractivity contribution in [2.75, 3.05) is 5.73 Å². The molecule has 0 bridgehead atoms. The predicted octanol–water partition coefficient (Wildman–Crippen LogP) is 6.48. The molecule has 0 aliphatic carbocycles. The zero-order chi connectivity index (χ0) is 27.5. The first-order chi connectivity index (χ1) is 19.4. The Morgan fingerprint density at radius 1 is 0.900 bits per heavy atom. The molecule has 0 aliphatic rings. The van der Waals surface area contributed by atoms with Crippen molar-refractivity contribution in [3.05, 3.63) is 107 Å².